The second kappa shape index (κ2) is 5.44. The van der Waals surface area contributed by atoms with Gasteiger partial charge in [0.05, 0.1) is 17.4 Å². The van der Waals surface area contributed by atoms with Crippen LogP contribution >= 0.6 is 11.6 Å². The molecule has 0 atom stereocenters. The maximum Gasteiger partial charge on any atom is 0.257 e. The number of nitrogens with zero attached hydrogens (tertiary/aromatic N) is 2. The molecule has 7 heteroatoms. The number of amides is 2. The lowest BCUT2D eigenvalue weighted by Crippen LogP contribution is -2.41. The van der Waals surface area contributed by atoms with Crippen molar-refractivity contribution in [2.75, 3.05) is 18.8 Å². The van der Waals surface area contributed by atoms with Crippen LogP contribution in [-0.2, 0) is 4.79 Å². The summed E-state index contributed by atoms with van der Waals surface area (Å²) in [7, 11) is 0. The molecule has 0 aromatic carbocycles. The first-order chi connectivity index (χ1) is 8.99. The first kappa shape index (κ1) is 13.6. The number of hydrogen-bond acceptors (Lipinski definition) is 4. The molecule has 4 N–H and O–H groups in total. The summed E-state index contributed by atoms with van der Waals surface area (Å²) in [6.07, 6.45) is 2.56. The third kappa shape index (κ3) is 2.96. The van der Waals surface area contributed by atoms with Gasteiger partial charge >= 0.3 is 0 Å². The molecular formula is C12H15ClN4O2. The van der Waals surface area contributed by atoms with Crippen LogP contribution in [0.25, 0.3) is 0 Å². The van der Waals surface area contributed by atoms with Crippen LogP contribution in [0.4, 0.5) is 5.69 Å². The van der Waals surface area contributed by atoms with Gasteiger partial charge in [0.25, 0.3) is 5.91 Å². The van der Waals surface area contributed by atoms with Crippen LogP contribution in [0.3, 0.4) is 0 Å². The summed E-state index contributed by atoms with van der Waals surface area (Å²) in [6.45, 7) is 0.967. The Kier molecular flexibility index (Phi) is 3.90. The number of nitrogens with two attached hydrogens (primary N) is 2. The summed E-state index contributed by atoms with van der Waals surface area (Å²) in [5, 5.41) is 0.135. The van der Waals surface area contributed by atoms with Gasteiger partial charge in [-0.15, -0.1) is 0 Å². The van der Waals surface area contributed by atoms with Crippen LogP contribution < -0.4 is 11.5 Å². The molecule has 1 saturated heterocycles. The highest BCUT2D eigenvalue weighted by atomic mass is 35.5. The lowest BCUT2D eigenvalue weighted by molar-refractivity contribution is -0.123. The van der Waals surface area contributed by atoms with Gasteiger partial charge in [-0.05, 0) is 18.9 Å². The number of carbonyl (C=O) groups is 2. The molecule has 1 aliphatic rings. The Labute approximate surface area is 115 Å². The monoisotopic (exact) mass is 282 g/mol. The molecule has 1 aromatic heterocycles. The summed E-state index contributed by atoms with van der Waals surface area (Å²) >= 11 is 5.90. The van der Waals surface area contributed by atoms with E-state index in [2.05, 4.69) is 4.98 Å². The molecule has 0 saturated carbocycles. The van der Waals surface area contributed by atoms with Gasteiger partial charge in [0, 0.05) is 19.0 Å². The summed E-state index contributed by atoms with van der Waals surface area (Å²) in [5.41, 5.74) is 11.5. The number of likely N-dealkylation sites (tertiary alicyclic amines) is 1. The summed E-state index contributed by atoms with van der Waals surface area (Å²) in [4.78, 5) is 28.8. The molecule has 1 aromatic rings. The topological polar surface area (TPSA) is 102 Å². The van der Waals surface area contributed by atoms with Crippen molar-refractivity contribution < 1.29 is 9.59 Å². The Hall–Kier alpha value is -1.82. The van der Waals surface area contributed by atoms with Gasteiger partial charge in [0.2, 0.25) is 5.91 Å². The Bertz CT molecular complexity index is 512. The zero-order valence-electron chi connectivity index (χ0n) is 10.3. The lowest BCUT2D eigenvalue weighted by atomic mass is 9.96. The molecule has 102 valence electrons. The van der Waals surface area contributed by atoms with Crippen LogP contribution in [-0.4, -0.2) is 34.8 Å². The van der Waals surface area contributed by atoms with Gasteiger partial charge in [-0.3, -0.25) is 9.59 Å². The van der Waals surface area contributed by atoms with Crippen molar-refractivity contribution >= 4 is 29.1 Å². The smallest absolute Gasteiger partial charge is 0.257 e. The normalized spacial score (nSPS) is 16.4. The van der Waals surface area contributed by atoms with E-state index in [1.54, 1.807) is 4.90 Å². The molecular weight excluding hydrogens is 268 g/mol. The highest BCUT2D eigenvalue weighted by molar-refractivity contribution is 6.32. The van der Waals surface area contributed by atoms with Crippen LogP contribution in [0.15, 0.2) is 12.3 Å². The number of primary amides is 1. The molecule has 2 amide bonds. The van der Waals surface area contributed by atoms with Crippen molar-refractivity contribution in [1.29, 1.82) is 0 Å². The van der Waals surface area contributed by atoms with Gasteiger partial charge in [0.1, 0.15) is 5.15 Å². The van der Waals surface area contributed by atoms with E-state index in [0.29, 0.717) is 37.2 Å². The van der Waals surface area contributed by atoms with Crippen molar-refractivity contribution in [3.05, 3.63) is 23.0 Å². The maximum atomic E-state index is 12.3. The second-order valence-corrected chi connectivity index (χ2v) is 4.93. The fraction of sp³-hybridized carbons (Fsp3) is 0.417. The third-order valence-electron chi connectivity index (χ3n) is 3.28. The number of pyridine rings is 1. The molecule has 1 aliphatic heterocycles. The molecule has 19 heavy (non-hydrogen) atoms. The van der Waals surface area contributed by atoms with Crippen molar-refractivity contribution in [3.63, 3.8) is 0 Å². The zero-order chi connectivity index (χ0) is 14.0. The lowest BCUT2D eigenvalue weighted by Gasteiger charge is -2.30. The van der Waals surface area contributed by atoms with Gasteiger partial charge in [-0.2, -0.15) is 0 Å². The van der Waals surface area contributed by atoms with Gasteiger partial charge < -0.3 is 16.4 Å². The fourth-order valence-corrected chi connectivity index (χ4v) is 2.34. The molecule has 0 aliphatic carbocycles. The molecule has 2 rings (SSSR count). The molecule has 0 radical (unpaired) electrons. The van der Waals surface area contributed by atoms with Crippen LogP contribution in [0.1, 0.15) is 23.2 Å². The Morgan fingerprint density at radius 2 is 2.00 bits per heavy atom. The third-order valence-corrected chi connectivity index (χ3v) is 3.58. The van der Waals surface area contributed by atoms with Crippen molar-refractivity contribution in [2.45, 2.75) is 12.8 Å². The molecule has 0 unspecified atom stereocenters. The van der Waals surface area contributed by atoms with E-state index < -0.39 is 0 Å². The SMILES string of the molecule is NC(=O)C1CCN(C(=O)c2cc(N)cnc2Cl)CC1. The molecule has 2 heterocycles. The number of carbonyl (C=O) groups excluding carboxylic acids is 2. The Morgan fingerprint density at radius 1 is 1.37 bits per heavy atom. The largest absolute Gasteiger partial charge is 0.397 e. The van der Waals surface area contributed by atoms with Crippen LogP contribution in [0.2, 0.25) is 5.15 Å². The Balaban J connectivity index is 2.09. The molecule has 0 spiro atoms. The van der Waals surface area contributed by atoms with Crippen LogP contribution in [0.5, 0.6) is 0 Å². The Morgan fingerprint density at radius 3 is 2.58 bits per heavy atom. The van der Waals surface area contributed by atoms with E-state index in [9.17, 15) is 9.59 Å². The zero-order valence-corrected chi connectivity index (χ0v) is 11.1. The predicted molar refractivity (Wildman–Crippen MR) is 71.5 cm³/mol. The quantitative estimate of drug-likeness (QED) is 0.778. The van der Waals surface area contributed by atoms with E-state index in [1.807, 2.05) is 0 Å². The van der Waals surface area contributed by atoms with Crippen molar-refractivity contribution in [1.82, 2.24) is 9.88 Å². The van der Waals surface area contributed by atoms with Gasteiger partial charge in [-0.1, -0.05) is 11.6 Å². The van der Waals surface area contributed by atoms with Gasteiger partial charge in [0.15, 0.2) is 0 Å². The summed E-state index contributed by atoms with van der Waals surface area (Å²) in [5.74, 6) is -0.679. The van der Waals surface area contributed by atoms with E-state index in [4.69, 9.17) is 23.1 Å². The molecule has 6 nitrogen and oxygen atoms in total. The van der Waals surface area contributed by atoms with E-state index in [1.165, 1.54) is 12.3 Å². The average Bonchev–Trinajstić information content (AvgIpc) is 2.41. The van der Waals surface area contributed by atoms with Gasteiger partial charge in [-0.25, -0.2) is 4.98 Å². The van der Waals surface area contributed by atoms with E-state index in [0.717, 1.165) is 0 Å². The first-order valence-corrected chi connectivity index (χ1v) is 6.36. The van der Waals surface area contributed by atoms with Crippen LogP contribution in [0, 0.1) is 5.92 Å². The maximum absolute atomic E-state index is 12.3. The molecule has 0 bridgehead atoms. The second-order valence-electron chi connectivity index (χ2n) is 4.58. The molecule has 1 fully saturated rings. The summed E-state index contributed by atoms with van der Waals surface area (Å²) < 4.78 is 0. The standard InChI is InChI=1S/C12H15ClN4O2/c13-10-9(5-8(14)6-16-10)12(19)17-3-1-7(2-4-17)11(15)18/h5-7H,1-4,14H2,(H2,15,18). The minimum atomic E-state index is -0.309. The minimum absolute atomic E-state index is 0.135. The minimum Gasteiger partial charge on any atom is -0.397 e. The highest BCUT2D eigenvalue weighted by Gasteiger charge is 2.27. The number of hydrogen-bond donors (Lipinski definition) is 2. The number of rotatable bonds is 2. The van der Waals surface area contributed by atoms with E-state index in [-0.39, 0.29) is 22.9 Å². The van der Waals surface area contributed by atoms with E-state index >= 15 is 0 Å². The predicted octanol–water partition coefficient (Wildman–Crippen LogP) is 0.655. The number of aromatic nitrogens is 1. The van der Waals surface area contributed by atoms with Crippen molar-refractivity contribution in [3.8, 4) is 0 Å². The highest BCUT2D eigenvalue weighted by Crippen LogP contribution is 2.22. The number of halogens is 1. The number of nitrogen functional groups attached to an aromatic ring is 1. The first-order valence-electron chi connectivity index (χ1n) is 5.98. The average molecular weight is 283 g/mol. The number of piperidine rings is 1. The summed E-state index contributed by atoms with van der Waals surface area (Å²) in [6, 6.07) is 1.51. The number of anilines is 1. The van der Waals surface area contributed by atoms with Crippen molar-refractivity contribution in [2.24, 2.45) is 11.7 Å². The fourth-order valence-electron chi connectivity index (χ4n) is 2.15.